The van der Waals surface area contributed by atoms with Gasteiger partial charge < -0.3 is 0 Å². The largest absolute Gasteiger partial charge is 0.285 e. The molecule has 0 amide bonds. The fraction of sp³-hybridized carbons (Fsp3) is 0.318. The van der Waals surface area contributed by atoms with Crippen molar-refractivity contribution in [3.05, 3.63) is 75.6 Å². The monoisotopic (exact) mass is 426 g/mol. The van der Waals surface area contributed by atoms with E-state index in [0.29, 0.717) is 18.1 Å². The van der Waals surface area contributed by atoms with E-state index in [1.54, 1.807) is 22.4 Å². The topological polar surface area (TPSA) is 68.2 Å². The molecule has 0 radical (unpaired) electrons. The number of nitrogens with zero attached hydrogens (tertiary/aromatic N) is 1. The minimum Gasteiger partial charge on any atom is -0.285 e. The summed E-state index contributed by atoms with van der Waals surface area (Å²) in [7, 11) is -3.39. The summed E-state index contributed by atoms with van der Waals surface area (Å²) in [5, 5.41) is 3.35. The minimum absolute atomic E-state index is 0.134. The lowest BCUT2D eigenvalue weighted by atomic mass is 9.95. The maximum Gasteiger partial charge on any atom is 0.253 e. The van der Waals surface area contributed by atoms with Gasteiger partial charge in [-0.1, -0.05) is 42.5 Å². The molecule has 2 aliphatic rings. The van der Waals surface area contributed by atoms with Crippen LogP contribution in [-0.2, 0) is 16.4 Å². The van der Waals surface area contributed by atoms with Crippen LogP contribution in [-0.4, -0.2) is 25.0 Å². The van der Waals surface area contributed by atoms with Crippen LogP contribution in [0.4, 0.5) is 0 Å². The van der Waals surface area contributed by atoms with Crippen LogP contribution in [0.1, 0.15) is 41.6 Å². The number of benzene rings is 2. The van der Waals surface area contributed by atoms with Gasteiger partial charge in [-0.25, -0.2) is 8.42 Å². The molecule has 5 rings (SSSR count). The molecule has 0 bridgehead atoms. The van der Waals surface area contributed by atoms with Crippen molar-refractivity contribution in [2.45, 2.75) is 36.4 Å². The molecule has 150 valence electrons. The van der Waals surface area contributed by atoms with E-state index in [2.05, 4.69) is 35.1 Å². The molecule has 1 aromatic heterocycles. The molecule has 2 heterocycles. The van der Waals surface area contributed by atoms with Crippen molar-refractivity contribution in [1.82, 2.24) is 9.29 Å². The number of fused-ring (bicyclic) bond motifs is 2. The third-order valence-electron chi connectivity index (χ3n) is 5.62. The normalized spacial score (nSPS) is 18.9. The van der Waals surface area contributed by atoms with Gasteiger partial charge in [-0.2, -0.15) is 4.72 Å². The van der Waals surface area contributed by atoms with Crippen LogP contribution in [0.5, 0.6) is 0 Å². The average Bonchev–Trinajstić information content (AvgIpc) is 3.42. The fourth-order valence-corrected chi connectivity index (χ4v) is 6.43. The summed E-state index contributed by atoms with van der Waals surface area (Å²) in [6, 6.07) is 16.3. The lowest BCUT2D eigenvalue weighted by Gasteiger charge is -2.18. The van der Waals surface area contributed by atoms with E-state index in [0.717, 1.165) is 29.7 Å². The quantitative estimate of drug-likeness (QED) is 0.677. The Morgan fingerprint density at radius 1 is 1.10 bits per heavy atom. The SMILES string of the molecule is CS(=O)(=O)N[C@@H]1CSc2c(C3CC3)c(Cc3cccc4ccccc34)cc(=O)n21. The Labute approximate surface area is 174 Å². The van der Waals surface area contributed by atoms with Crippen LogP contribution in [0.3, 0.4) is 0 Å². The summed E-state index contributed by atoms with van der Waals surface area (Å²) in [4.78, 5) is 13.0. The Bertz CT molecular complexity index is 1270. The van der Waals surface area contributed by atoms with E-state index in [1.807, 2.05) is 12.1 Å². The van der Waals surface area contributed by atoms with E-state index >= 15 is 0 Å². The number of rotatable bonds is 5. The molecule has 0 spiro atoms. The van der Waals surface area contributed by atoms with Crippen LogP contribution in [0.25, 0.3) is 10.8 Å². The zero-order valence-corrected chi connectivity index (χ0v) is 17.7. The third kappa shape index (κ3) is 3.63. The second-order valence-corrected chi connectivity index (χ2v) is 10.7. The number of nitrogens with one attached hydrogen (secondary N) is 1. The molecule has 1 aliphatic carbocycles. The van der Waals surface area contributed by atoms with Crippen LogP contribution in [0.15, 0.2) is 58.4 Å². The Morgan fingerprint density at radius 3 is 2.62 bits per heavy atom. The molecule has 1 atom stereocenters. The van der Waals surface area contributed by atoms with Crippen molar-refractivity contribution < 1.29 is 8.42 Å². The Morgan fingerprint density at radius 2 is 1.86 bits per heavy atom. The van der Waals surface area contributed by atoms with Crippen molar-refractivity contribution >= 4 is 32.6 Å². The molecule has 7 heteroatoms. The van der Waals surface area contributed by atoms with Crippen molar-refractivity contribution in [3.8, 4) is 0 Å². The zero-order valence-electron chi connectivity index (χ0n) is 16.1. The highest BCUT2D eigenvalue weighted by Crippen LogP contribution is 2.48. The van der Waals surface area contributed by atoms with Gasteiger partial charge >= 0.3 is 0 Å². The van der Waals surface area contributed by atoms with Gasteiger partial charge in [0.25, 0.3) is 5.56 Å². The number of sulfonamides is 1. The Hall–Kier alpha value is -2.09. The smallest absolute Gasteiger partial charge is 0.253 e. The van der Waals surface area contributed by atoms with Crippen molar-refractivity contribution in [1.29, 1.82) is 0 Å². The second-order valence-electron chi connectivity index (χ2n) is 7.90. The maximum absolute atomic E-state index is 13.0. The van der Waals surface area contributed by atoms with Gasteiger partial charge in [0, 0.05) is 11.8 Å². The molecule has 29 heavy (non-hydrogen) atoms. The van der Waals surface area contributed by atoms with Crippen LogP contribution in [0, 0.1) is 0 Å². The van der Waals surface area contributed by atoms with E-state index in [1.165, 1.54) is 21.9 Å². The van der Waals surface area contributed by atoms with Gasteiger partial charge in [0.1, 0.15) is 6.17 Å². The van der Waals surface area contributed by atoms with Crippen molar-refractivity contribution in [2.24, 2.45) is 0 Å². The number of aromatic nitrogens is 1. The number of hydrogen-bond donors (Lipinski definition) is 1. The molecule has 0 saturated heterocycles. The van der Waals surface area contributed by atoms with Gasteiger partial charge in [-0.15, -0.1) is 11.8 Å². The van der Waals surface area contributed by atoms with Gasteiger partial charge in [-0.05, 0) is 52.6 Å². The second kappa shape index (κ2) is 7.00. The van der Waals surface area contributed by atoms with Gasteiger partial charge in [0.2, 0.25) is 10.0 Å². The summed E-state index contributed by atoms with van der Waals surface area (Å²) < 4.78 is 27.7. The molecule has 2 aromatic carbocycles. The highest BCUT2D eigenvalue weighted by atomic mass is 32.2. The van der Waals surface area contributed by atoms with Crippen LogP contribution in [0.2, 0.25) is 0 Å². The molecule has 1 N–H and O–H groups in total. The zero-order chi connectivity index (χ0) is 20.2. The predicted molar refractivity (Wildman–Crippen MR) is 117 cm³/mol. The van der Waals surface area contributed by atoms with Gasteiger partial charge in [-0.3, -0.25) is 9.36 Å². The van der Waals surface area contributed by atoms with Gasteiger partial charge in [0.05, 0.1) is 11.3 Å². The lowest BCUT2D eigenvalue weighted by Crippen LogP contribution is -2.36. The molecule has 3 aromatic rings. The highest BCUT2D eigenvalue weighted by molar-refractivity contribution is 7.99. The summed E-state index contributed by atoms with van der Waals surface area (Å²) in [5.41, 5.74) is 3.39. The van der Waals surface area contributed by atoms with E-state index in [9.17, 15) is 13.2 Å². The number of thioether (sulfide) groups is 1. The first-order chi connectivity index (χ1) is 13.9. The molecule has 1 aliphatic heterocycles. The third-order valence-corrected chi connectivity index (χ3v) is 7.49. The first kappa shape index (κ1) is 18.9. The lowest BCUT2D eigenvalue weighted by molar-refractivity contribution is 0.476. The molecule has 0 unspecified atom stereocenters. The van der Waals surface area contributed by atoms with Crippen LogP contribution < -0.4 is 10.3 Å². The Kier molecular flexibility index (Phi) is 4.57. The van der Waals surface area contributed by atoms with E-state index in [-0.39, 0.29) is 5.56 Å². The standard InChI is InChI=1S/C22H22N2O3S2/c1-29(26,27)23-19-13-28-22-21(15-9-10-15)17(12-20(25)24(19)22)11-16-7-4-6-14-5-2-3-8-18(14)16/h2-8,12,15,19,23H,9-11,13H2,1H3/t19-/m0/s1. The Balaban J connectivity index is 1.62. The predicted octanol–water partition coefficient (Wildman–Crippen LogP) is 3.62. The number of hydrogen-bond acceptors (Lipinski definition) is 4. The average molecular weight is 427 g/mol. The molecule has 5 nitrogen and oxygen atoms in total. The minimum atomic E-state index is -3.39. The van der Waals surface area contributed by atoms with E-state index in [4.69, 9.17) is 0 Å². The van der Waals surface area contributed by atoms with E-state index < -0.39 is 16.2 Å². The van der Waals surface area contributed by atoms with Crippen LogP contribution >= 0.6 is 11.8 Å². The first-order valence-corrected chi connectivity index (χ1v) is 12.6. The maximum atomic E-state index is 13.0. The fourth-order valence-electron chi connectivity index (χ4n) is 4.28. The summed E-state index contributed by atoms with van der Waals surface area (Å²) >= 11 is 1.59. The van der Waals surface area contributed by atoms with Crippen molar-refractivity contribution in [2.75, 3.05) is 12.0 Å². The molecule has 1 saturated carbocycles. The molecular formula is C22H22N2O3S2. The summed E-state index contributed by atoms with van der Waals surface area (Å²) in [6.07, 6.45) is 3.58. The molecule has 1 fully saturated rings. The first-order valence-electron chi connectivity index (χ1n) is 9.76. The van der Waals surface area contributed by atoms with Crippen molar-refractivity contribution in [3.63, 3.8) is 0 Å². The number of pyridine rings is 1. The summed E-state index contributed by atoms with van der Waals surface area (Å²) in [5.74, 6) is 1.01. The summed E-state index contributed by atoms with van der Waals surface area (Å²) in [6.45, 7) is 0. The highest BCUT2D eigenvalue weighted by Gasteiger charge is 2.36. The van der Waals surface area contributed by atoms with Gasteiger partial charge in [0.15, 0.2) is 0 Å². The molecular weight excluding hydrogens is 404 g/mol.